The summed E-state index contributed by atoms with van der Waals surface area (Å²) in [5, 5.41) is 7.02. The summed E-state index contributed by atoms with van der Waals surface area (Å²) in [7, 11) is 0. The Morgan fingerprint density at radius 1 is 1.15 bits per heavy atom. The average molecular weight is 571 g/mol. The smallest absolute Gasteiger partial charge is 0.433 e. The number of aryl methyl sites for hydroxylation is 2. The predicted octanol–water partition coefficient (Wildman–Crippen LogP) is 7.04. The standard InChI is InChI=1S/C29H29F3N4O3S/c1-5-17-8-10-19-22(12-17)40-27(25(19)28(38)39-6-2)34-26(37)21-14-24-33-20(18-9-7-15(3)16(4)11-18)13-23(29(30,31)32)36(24)35-21/h7,9,11,13-14,17H,5-6,8,10,12H2,1-4H3,(H,34,37)/t17-/m0/s1. The van der Waals surface area contributed by atoms with Gasteiger partial charge >= 0.3 is 12.1 Å². The van der Waals surface area contributed by atoms with Crippen molar-refractivity contribution >= 4 is 33.9 Å². The second kappa shape index (κ2) is 10.7. The van der Waals surface area contributed by atoms with Crippen LogP contribution in [0.25, 0.3) is 16.9 Å². The molecule has 0 radical (unpaired) electrons. The van der Waals surface area contributed by atoms with E-state index in [-0.39, 0.29) is 23.6 Å². The molecular weight excluding hydrogens is 541 g/mol. The molecule has 11 heteroatoms. The number of ether oxygens (including phenoxy) is 1. The van der Waals surface area contributed by atoms with Crippen molar-refractivity contribution in [1.29, 1.82) is 0 Å². The van der Waals surface area contributed by atoms with Crippen LogP contribution >= 0.6 is 11.3 Å². The third kappa shape index (κ3) is 5.22. The topological polar surface area (TPSA) is 85.6 Å². The van der Waals surface area contributed by atoms with Gasteiger partial charge in [0.05, 0.1) is 17.9 Å². The van der Waals surface area contributed by atoms with E-state index in [1.165, 1.54) is 17.4 Å². The first-order chi connectivity index (χ1) is 19.0. The Hall–Kier alpha value is -3.73. The monoisotopic (exact) mass is 570 g/mol. The van der Waals surface area contributed by atoms with Crippen LogP contribution in [0.15, 0.2) is 30.3 Å². The summed E-state index contributed by atoms with van der Waals surface area (Å²) in [5.74, 6) is -0.775. The molecule has 0 aliphatic heterocycles. The molecule has 40 heavy (non-hydrogen) atoms. The highest BCUT2D eigenvalue weighted by Crippen LogP contribution is 2.41. The van der Waals surface area contributed by atoms with Crippen molar-refractivity contribution in [3.63, 3.8) is 0 Å². The van der Waals surface area contributed by atoms with Crippen LogP contribution in [0.1, 0.15) is 74.8 Å². The van der Waals surface area contributed by atoms with E-state index in [0.717, 1.165) is 46.9 Å². The molecule has 0 saturated carbocycles. The summed E-state index contributed by atoms with van der Waals surface area (Å²) >= 11 is 1.31. The zero-order chi connectivity index (χ0) is 28.8. The number of amides is 1. The van der Waals surface area contributed by atoms with Crippen LogP contribution in [0.3, 0.4) is 0 Å². The van der Waals surface area contributed by atoms with Gasteiger partial charge in [0.2, 0.25) is 0 Å². The van der Waals surface area contributed by atoms with E-state index in [4.69, 9.17) is 4.74 Å². The number of halogens is 3. The lowest BCUT2D eigenvalue weighted by Crippen LogP contribution is -2.18. The second-order valence-electron chi connectivity index (χ2n) is 10.0. The number of hydrogen-bond acceptors (Lipinski definition) is 6. The van der Waals surface area contributed by atoms with E-state index < -0.39 is 23.7 Å². The number of benzene rings is 1. The van der Waals surface area contributed by atoms with Gasteiger partial charge in [-0.3, -0.25) is 4.79 Å². The van der Waals surface area contributed by atoms with E-state index in [1.807, 2.05) is 19.9 Å². The molecule has 0 fully saturated rings. The molecule has 1 atom stereocenters. The molecule has 7 nitrogen and oxygen atoms in total. The van der Waals surface area contributed by atoms with E-state index >= 15 is 0 Å². The normalized spacial score (nSPS) is 15.2. The highest BCUT2D eigenvalue weighted by atomic mass is 32.1. The molecular formula is C29H29F3N4O3S. The maximum Gasteiger partial charge on any atom is 0.433 e. The highest BCUT2D eigenvalue weighted by molar-refractivity contribution is 7.17. The van der Waals surface area contributed by atoms with Gasteiger partial charge in [-0.05, 0) is 74.8 Å². The minimum Gasteiger partial charge on any atom is -0.462 e. The number of anilines is 1. The number of carbonyl (C=O) groups excluding carboxylic acids is 2. The Morgan fingerprint density at radius 2 is 1.93 bits per heavy atom. The van der Waals surface area contributed by atoms with Gasteiger partial charge in [-0.25, -0.2) is 14.3 Å². The molecule has 3 heterocycles. The maximum atomic E-state index is 14.1. The third-order valence-electron chi connectivity index (χ3n) is 7.40. The van der Waals surface area contributed by atoms with Gasteiger partial charge in [0.25, 0.3) is 5.91 Å². The second-order valence-corrected chi connectivity index (χ2v) is 11.1. The zero-order valence-corrected chi connectivity index (χ0v) is 23.4. The van der Waals surface area contributed by atoms with Crippen molar-refractivity contribution in [1.82, 2.24) is 14.6 Å². The van der Waals surface area contributed by atoms with Crippen LogP contribution < -0.4 is 5.32 Å². The van der Waals surface area contributed by atoms with Crippen LogP contribution in [0.2, 0.25) is 0 Å². The number of rotatable bonds is 6. The van der Waals surface area contributed by atoms with Crippen molar-refractivity contribution in [2.75, 3.05) is 11.9 Å². The molecule has 0 spiro atoms. The van der Waals surface area contributed by atoms with Gasteiger partial charge in [0.15, 0.2) is 17.0 Å². The molecule has 0 saturated heterocycles. The summed E-state index contributed by atoms with van der Waals surface area (Å²) < 4.78 is 48.1. The zero-order valence-electron chi connectivity index (χ0n) is 22.6. The van der Waals surface area contributed by atoms with Gasteiger partial charge in [-0.2, -0.15) is 18.3 Å². The fourth-order valence-corrected chi connectivity index (χ4v) is 6.36. The van der Waals surface area contributed by atoms with Gasteiger partial charge in [-0.15, -0.1) is 11.3 Å². The van der Waals surface area contributed by atoms with Crippen LogP contribution in [0.4, 0.5) is 18.2 Å². The largest absolute Gasteiger partial charge is 0.462 e. The number of fused-ring (bicyclic) bond motifs is 2. The first kappa shape index (κ1) is 27.8. The van der Waals surface area contributed by atoms with Crippen molar-refractivity contribution < 1.29 is 27.5 Å². The van der Waals surface area contributed by atoms with Crippen molar-refractivity contribution in [2.24, 2.45) is 5.92 Å². The van der Waals surface area contributed by atoms with E-state index in [0.29, 0.717) is 33.0 Å². The Morgan fingerprint density at radius 3 is 2.60 bits per heavy atom. The summed E-state index contributed by atoms with van der Waals surface area (Å²) in [4.78, 5) is 31.6. The van der Waals surface area contributed by atoms with Crippen molar-refractivity contribution in [3.8, 4) is 11.3 Å². The molecule has 0 unspecified atom stereocenters. The number of nitrogens with zero attached hydrogens (tertiary/aromatic N) is 3. The Balaban J connectivity index is 1.54. The molecule has 3 aromatic heterocycles. The quantitative estimate of drug-likeness (QED) is 0.252. The third-order valence-corrected chi connectivity index (χ3v) is 8.57. The highest BCUT2D eigenvalue weighted by Gasteiger charge is 2.36. The van der Waals surface area contributed by atoms with Crippen LogP contribution in [0.5, 0.6) is 0 Å². The van der Waals surface area contributed by atoms with Crippen molar-refractivity contribution in [3.05, 3.63) is 68.9 Å². The fraction of sp³-hybridized carbons (Fsp3) is 0.379. The molecule has 1 aliphatic rings. The first-order valence-electron chi connectivity index (χ1n) is 13.2. The van der Waals surface area contributed by atoms with Gasteiger partial charge in [0.1, 0.15) is 5.00 Å². The molecule has 1 aliphatic carbocycles. The minimum atomic E-state index is -4.74. The SMILES string of the molecule is CCOC(=O)c1c(NC(=O)c2cc3nc(-c4ccc(C)c(C)c4)cc(C(F)(F)F)n3n2)sc2c1CC[C@H](CC)C2. The molecule has 5 rings (SSSR count). The molecule has 1 aromatic carbocycles. The Labute approximate surface area is 233 Å². The van der Waals surface area contributed by atoms with Crippen LogP contribution in [0, 0.1) is 19.8 Å². The van der Waals surface area contributed by atoms with Crippen LogP contribution in [-0.4, -0.2) is 33.1 Å². The number of nitrogens with one attached hydrogen (secondary N) is 1. The summed E-state index contributed by atoms with van der Waals surface area (Å²) in [6.07, 6.45) is -1.31. The summed E-state index contributed by atoms with van der Waals surface area (Å²) in [5.41, 5.74) is 2.35. The lowest BCUT2D eigenvalue weighted by molar-refractivity contribution is -0.142. The number of aromatic nitrogens is 3. The molecule has 1 amide bonds. The number of hydrogen-bond donors (Lipinski definition) is 1. The van der Waals surface area contributed by atoms with E-state index in [9.17, 15) is 22.8 Å². The lowest BCUT2D eigenvalue weighted by Gasteiger charge is -2.20. The van der Waals surface area contributed by atoms with Crippen LogP contribution in [-0.2, 0) is 23.8 Å². The van der Waals surface area contributed by atoms with E-state index in [1.54, 1.807) is 19.1 Å². The minimum absolute atomic E-state index is 0.116. The van der Waals surface area contributed by atoms with Gasteiger partial charge < -0.3 is 10.1 Å². The summed E-state index contributed by atoms with van der Waals surface area (Å²) in [6.45, 7) is 7.79. The Bertz CT molecular complexity index is 1620. The number of carbonyl (C=O) groups is 2. The Kier molecular flexibility index (Phi) is 7.43. The average Bonchev–Trinajstić information content (AvgIpc) is 3.50. The summed E-state index contributed by atoms with van der Waals surface area (Å²) in [6, 6.07) is 7.46. The molecule has 4 aromatic rings. The maximum absolute atomic E-state index is 14.1. The van der Waals surface area contributed by atoms with Gasteiger partial charge in [-0.1, -0.05) is 25.5 Å². The van der Waals surface area contributed by atoms with E-state index in [2.05, 4.69) is 22.3 Å². The lowest BCUT2D eigenvalue weighted by atomic mass is 9.85. The molecule has 210 valence electrons. The van der Waals surface area contributed by atoms with Gasteiger partial charge in [0, 0.05) is 16.5 Å². The predicted molar refractivity (Wildman–Crippen MR) is 147 cm³/mol. The van der Waals surface area contributed by atoms with Crippen molar-refractivity contribution in [2.45, 2.75) is 59.6 Å². The molecule has 1 N–H and O–H groups in total. The number of alkyl halides is 3. The fourth-order valence-electron chi connectivity index (χ4n) is 5.01. The number of esters is 1. The number of thiophene rings is 1. The first-order valence-corrected chi connectivity index (χ1v) is 14.0. The molecule has 0 bridgehead atoms.